The monoisotopic (exact) mass is 261 g/mol. The molecule has 0 aliphatic carbocycles. The topological polar surface area (TPSA) is 52.0 Å². The van der Waals surface area contributed by atoms with Gasteiger partial charge in [-0.15, -0.1) is 0 Å². The van der Waals surface area contributed by atoms with Crippen molar-refractivity contribution in [3.63, 3.8) is 0 Å². The summed E-state index contributed by atoms with van der Waals surface area (Å²) in [5.41, 5.74) is 2.39. The van der Waals surface area contributed by atoms with Crippen LogP contribution in [0.2, 0.25) is 0 Å². The molecule has 0 spiro atoms. The van der Waals surface area contributed by atoms with Gasteiger partial charge in [-0.2, -0.15) is 0 Å². The van der Waals surface area contributed by atoms with Gasteiger partial charge in [0.05, 0.1) is 5.69 Å². The molecule has 0 saturated carbocycles. The summed E-state index contributed by atoms with van der Waals surface area (Å²) in [5.74, 6) is 0.329. The number of imidazole rings is 1. The van der Waals surface area contributed by atoms with E-state index in [0.29, 0.717) is 0 Å². The van der Waals surface area contributed by atoms with E-state index in [9.17, 15) is 9.59 Å². The van der Waals surface area contributed by atoms with Gasteiger partial charge in [-0.3, -0.25) is 9.59 Å². The number of hydrogen-bond donors (Lipinski definition) is 0. The minimum absolute atomic E-state index is 0. The van der Waals surface area contributed by atoms with Gasteiger partial charge in [0.2, 0.25) is 0 Å². The SMILES string of the molecule is CC(=O)C(C)=O.Cc1nc(C)n(C)c1C.[V]. The van der Waals surface area contributed by atoms with Crippen LogP contribution in [0.4, 0.5) is 0 Å². The summed E-state index contributed by atoms with van der Waals surface area (Å²) in [6.45, 7) is 8.63. The van der Waals surface area contributed by atoms with Crippen LogP contribution in [-0.4, -0.2) is 21.1 Å². The van der Waals surface area contributed by atoms with Crippen molar-refractivity contribution < 1.29 is 28.1 Å². The average molecular weight is 261 g/mol. The van der Waals surface area contributed by atoms with Gasteiger partial charge in [0.1, 0.15) is 5.82 Å². The number of nitrogens with zero attached hydrogens (tertiary/aromatic N) is 2. The van der Waals surface area contributed by atoms with Crippen LogP contribution in [0.15, 0.2) is 0 Å². The molecule has 0 bridgehead atoms. The van der Waals surface area contributed by atoms with E-state index >= 15 is 0 Å². The molecule has 5 heteroatoms. The van der Waals surface area contributed by atoms with E-state index in [1.54, 1.807) is 0 Å². The van der Waals surface area contributed by atoms with Crippen LogP contribution in [0.25, 0.3) is 0 Å². The molecule has 1 radical (unpaired) electrons. The summed E-state index contributed by atoms with van der Waals surface area (Å²) >= 11 is 0. The minimum atomic E-state index is -0.380. The summed E-state index contributed by atoms with van der Waals surface area (Å²) in [4.78, 5) is 23.9. The normalized spacial score (nSPS) is 8.62. The average Bonchev–Trinajstić information content (AvgIpc) is 2.34. The Kier molecular flexibility index (Phi) is 8.12. The molecule has 0 atom stereocenters. The molecule has 4 nitrogen and oxygen atoms in total. The van der Waals surface area contributed by atoms with Crippen molar-refractivity contribution in [2.45, 2.75) is 34.6 Å². The Morgan fingerprint density at radius 3 is 1.50 bits per heavy atom. The quantitative estimate of drug-likeness (QED) is 0.720. The van der Waals surface area contributed by atoms with Crippen LogP contribution in [0, 0.1) is 20.8 Å². The van der Waals surface area contributed by atoms with Crippen molar-refractivity contribution in [1.29, 1.82) is 0 Å². The third-order valence-corrected chi connectivity index (χ3v) is 2.34. The molecule has 16 heavy (non-hydrogen) atoms. The van der Waals surface area contributed by atoms with E-state index < -0.39 is 0 Å². The molecule has 1 aromatic rings. The second kappa shape index (κ2) is 7.41. The van der Waals surface area contributed by atoms with E-state index in [1.807, 2.05) is 20.9 Å². The van der Waals surface area contributed by atoms with Gasteiger partial charge in [-0.25, -0.2) is 4.98 Å². The molecule has 1 heterocycles. The maximum atomic E-state index is 9.79. The first-order valence-electron chi connectivity index (χ1n) is 4.75. The molecule has 0 amide bonds. The molecular formula is C11H18N2O2V. The Labute approximate surface area is 108 Å². The molecule has 0 N–H and O–H groups in total. The number of carbonyl (C=O) groups is 2. The van der Waals surface area contributed by atoms with Crippen molar-refractivity contribution in [3.05, 3.63) is 17.2 Å². The molecule has 0 aliphatic rings. The molecule has 89 valence electrons. The van der Waals surface area contributed by atoms with Crippen LogP contribution < -0.4 is 0 Å². The zero-order chi connectivity index (χ0) is 12.2. The Bertz CT molecular complexity index is 349. The third-order valence-electron chi connectivity index (χ3n) is 2.34. The van der Waals surface area contributed by atoms with Gasteiger partial charge in [0.25, 0.3) is 0 Å². The number of Topliss-reactive ketones (excluding diaryl/α,β-unsaturated/α-hetero) is 2. The fourth-order valence-corrected chi connectivity index (χ4v) is 0.884. The Hall–Kier alpha value is -0.866. The van der Waals surface area contributed by atoms with Crippen LogP contribution in [0.3, 0.4) is 0 Å². The number of ketones is 2. The molecule has 0 aliphatic heterocycles. The number of hydrogen-bond acceptors (Lipinski definition) is 3. The number of aromatic nitrogens is 2. The summed E-state index contributed by atoms with van der Waals surface area (Å²) in [7, 11) is 2.03. The van der Waals surface area contributed by atoms with E-state index in [0.717, 1.165) is 11.5 Å². The van der Waals surface area contributed by atoms with Gasteiger partial charge in [-0.05, 0) is 20.8 Å². The zero-order valence-electron chi connectivity index (χ0n) is 10.7. The summed E-state index contributed by atoms with van der Waals surface area (Å²) in [6.07, 6.45) is 0. The number of rotatable bonds is 1. The third kappa shape index (κ3) is 5.28. The fraction of sp³-hybridized carbons (Fsp3) is 0.545. The van der Waals surface area contributed by atoms with E-state index in [1.165, 1.54) is 19.5 Å². The van der Waals surface area contributed by atoms with Crippen molar-refractivity contribution in [3.8, 4) is 0 Å². The minimum Gasteiger partial charge on any atom is -0.335 e. The number of carbonyl (C=O) groups excluding carboxylic acids is 2. The number of aryl methyl sites for hydroxylation is 2. The Balaban J connectivity index is 0. The van der Waals surface area contributed by atoms with Crippen LogP contribution in [0.1, 0.15) is 31.1 Å². The van der Waals surface area contributed by atoms with Gasteiger partial charge in [0.15, 0.2) is 11.6 Å². The summed E-state index contributed by atoms with van der Waals surface area (Å²) < 4.78 is 2.09. The van der Waals surface area contributed by atoms with E-state index in [4.69, 9.17) is 0 Å². The van der Waals surface area contributed by atoms with Gasteiger partial charge in [0, 0.05) is 45.1 Å². The maximum Gasteiger partial charge on any atom is 0.195 e. The maximum absolute atomic E-state index is 9.79. The van der Waals surface area contributed by atoms with Crippen molar-refractivity contribution in [2.75, 3.05) is 0 Å². The molecular weight excluding hydrogens is 243 g/mol. The largest absolute Gasteiger partial charge is 0.335 e. The van der Waals surface area contributed by atoms with Crippen LogP contribution in [-0.2, 0) is 35.2 Å². The molecule has 0 fully saturated rings. The smallest absolute Gasteiger partial charge is 0.195 e. The Morgan fingerprint density at radius 2 is 1.44 bits per heavy atom. The molecule has 1 rings (SSSR count). The van der Waals surface area contributed by atoms with Crippen LogP contribution in [0.5, 0.6) is 0 Å². The van der Waals surface area contributed by atoms with Gasteiger partial charge < -0.3 is 4.57 Å². The first-order valence-corrected chi connectivity index (χ1v) is 4.75. The molecule has 0 aromatic carbocycles. The molecule has 0 saturated heterocycles. The zero-order valence-corrected chi connectivity index (χ0v) is 12.1. The predicted molar refractivity (Wildman–Crippen MR) is 58.8 cm³/mol. The van der Waals surface area contributed by atoms with E-state index in [2.05, 4.69) is 16.5 Å². The first kappa shape index (κ1) is 17.5. The van der Waals surface area contributed by atoms with Crippen LogP contribution >= 0.6 is 0 Å². The van der Waals surface area contributed by atoms with Crippen molar-refractivity contribution >= 4 is 11.6 Å². The van der Waals surface area contributed by atoms with Crippen molar-refractivity contribution in [2.24, 2.45) is 7.05 Å². The van der Waals surface area contributed by atoms with Crippen molar-refractivity contribution in [1.82, 2.24) is 9.55 Å². The molecule has 1 aromatic heterocycles. The summed E-state index contributed by atoms with van der Waals surface area (Å²) in [6, 6.07) is 0. The predicted octanol–water partition coefficient (Wildman–Crippen LogP) is 1.51. The second-order valence-electron chi connectivity index (χ2n) is 3.50. The summed E-state index contributed by atoms with van der Waals surface area (Å²) in [5, 5.41) is 0. The second-order valence-corrected chi connectivity index (χ2v) is 3.50. The molecule has 0 unspecified atom stereocenters. The van der Waals surface area contributed by atoms with Gasteiger partial charge in [-0.1, -0.05) is 0 Å². The fourth-order valence-electron chi connectivity index (χ4n) is 0.884. The first-order chi connectivity index (χ1) is 6.77. The van der Waals surface area contributed by atoms with E-state index in [-0.39, 0.29) is 30.1 Å². The van der Waals surface area contributed by atoms with Gasteiger partial charge >= 0.3 is 0 Å². The Morgan fingerprint density at radius 1 is 1.06 bits per heavy atom. The standard InChI is InChI=1S/C7H12N2.C4H6O2.V/c1-5-6(2)9(4)7(3)8-5;1-3(5)4(2)6;/h1-4H3;1-2H3;.